The molecule has 1 aliphatic heterocycles. The Balaban J connectivity index is 2.69. The van der Waals surface area contributed by atoms with E-state index in [1.54, 1.807) is 6.92 Å². The smallest absolute Gasteiger partial charge is 0.318 e. The molecule has 1 heterocycles. The summed E-state index contributed by atoms with van der Waals surface area (Å²) >= 11 is 4.11. The second-order valence-electron chi connectivity index (χ2n) is 2.78. The molecule has 62 valence electrons. The average molecular weight is 173 g/mol. The van der Waals surface area contributed by atoms with E-state index in [-0.39, 0.29) is 17.8 Å². The van der Waals surface area contributed by atoms with Gasteiger partial charge < -0.3 is 4.84 Å². The van der Waals surface area contributed by atoms with Crippen LogP contribution < -0.4 is 0 Å². The molecule has 4 heteroatoms. The molecule has 0 saturated carbocycles. The van der Waals surface area contributed by atoms with E-state index in [0.29, 0.717) is 5.75 Å². The van der Waals surface area contributed by atoms with Crippen LogP contribution >= 0.6 is 12.6 Å². The zero-order chi connectivity index (χ0) is 8.43. The van der Waals surface area contributed by atoms with Crippen LogP contribution in [0.4, 0.5) is 0 Å². The van der Waals surface area contributed by atoms with Crippen LogP contribution in [0.3, 0.4) is 0 Å². The van der Waals surface area contributed by atoms with Gasteiger partial charge in [0.05, 0.1) is 5.71 Å². The highest BCUT2D eigenvalue weighted by Crippen LogP contribution is 2.21. The van der Waals surface area contributed by atoms with E-state index in [0.717, 1.165) is 5.71 Å². The van der Waals surface area contributed by atoms with Crippen LogP contribution in [0.2, 0.25) is 0 Å². The number of rotatable bonds is 2. The van der Waals surface area contributed by atoms with Crippen molar-refractivity contribution in [2.75, 3.05) is 5.75 Å². The Hall–Kier alpha value is -0.510. The number of hydrogen-bond donors (Lipinski definition) is 1. The monoisotopic (exact) mass is 173 g/mol. The van der Waals surface area contributed by atoms with E-state index in [4.69, 9.17) is 0 Å². The second-order valence-corrected chi connectivity index (χ2v) is 3.15. The van der Waals surface area contributed by atoms with Crippen LogP contribution in [0, 0.1) is 11.8 Å². The first-order chi connectivity index (χ1) is 5.16. The van der Waals surface area contributed by atoms with Crippen LogP contribution in [-0.4, -0.2) is 17.4 Å². The molecule has 0 aromatic carbocycles. The maximum atomic E-state index is 11.0. The fourth-order valence-corrected chi connectivity index (χ4v) is 1.36. The number of oxime groups is 1. The lowest BCUT2D eigenvalue weighted by Gasteiger charge is -2.11. The first kappa shape index (κ1) is 8.59. The summed E-state index contributed by atoms with van der Waals surface area (Å²) in [6, 6.07) is 0. The van der Waals surface area contributed by atoms with Crippen LogP contribution in [0.1, 0.15) is 13.8 Å². The highest BCUT2D eigenvalue weighted by atomic mass is 32.1. The van der Waals surface area contributed by atoms with Crippen molar-refractivity contribution in [1.29, 1.82) is 0 Å². The minimum absolute atomic E-state index is 0.174. The van der Waals surface area contributed by atoms with Crippen molar-refractivity contribution in [3.63, 3.8) is 0 Å². The first-order valence-electron chi connectivity index (χ1n) is 3.53. The Morgan fingerprint density at radius 3 is 2.82 bits per heavy atom. The van der Waals surface area contributed by atoms with E-state index in [2.05, 4.69) is 22.6 Å². The molecule has 1 rings (SSSR count). The molecule has 0 fully saturated rings. The van der Waals surface area contributed by atoms with Crippen molar-refractivity contribution in [2.24, 2.45) is 17.0 Å². The lowest BCUT2D eigenvalue weighted by Crippen LogP contribution is -2.24. The summed E-state index contributed by atoms with van der Waals surface area (Å²) in [5, 5.41) is 3.60. The minimum Gasteiger partial charge on any atom is -0.318 e. The molecule has 0 amide bonds. The predicted octanol–water partition coefficient (Wildman–Crippen LogP) is 1.10. The number of carbonyl (C=O) groups excluding carboxylic acids is 1. The van der Waals surface area contributed by atoms with E-state index in [1.165, 1.54) is 0 Å². The first-order valence-corrected chi connectivity index (χ1v) is 4.16. The van der Waals surface area contributed by atoms with E-state index in [9.17, 15) is 4.79 Å². The van der Waals surface area contributed by atoms with Crippen LogP contribution in [0.25, 0.3) is 0 Å². The SMILES string of the molecule is CC1=NOC(=O)C1C(C)CS. The van der Waals surface area contributed by atoms with Crippen LogP contribution in [0.5, 0.6) is 0 Å². The number of nitrogens with zero attached hydrogens (tertiary/aromatic N) is 1. The number of carbonyl (C=O) groups is 1. The fourth-order valence-electron chi connectivity index (χ4n) is 1.15. The Bertz CT molecular complexity index is 203. The van der Waals surface area contributed by atoms with Gasteiger partial charge in [-0.15, -0.1) is 0 Å². The van der Waals surface area contributed by atoms with Crippen molar-refractivity contribution >= 4 is 24.3 Å². The molecule has 0 spiro atoms. The van der Waals surface area contributed by atoms with Gasteiger partial charge in [0.25, 0.3) is 0 Å². The summed E-state index contributed by atoms with van der Waals surface area (Å²) in [5.74, 6) is 0.459. The quantitative estimate of drug-likeness (QED) is 0.501. The molecule has 0 N–H and O–H groups in total. The summed E-state index contributed by atoms with van der Waals surface area (Å²) in [6.07, 6.45) is 0. The second kappa shape index (κ2) is 3.26. The summed E-state index contributed by atoms with van der Waals surface area (Å²) in [6.45, 7) is 3.76. The summed E-state index contributed by atoms with van der Waals surface area (Å²) in [4.78, 5) is 15.5. The lowest BCUT2D eigenvalue weighted by molar-refractivity contribution is -0.144. The van der Waals surface area contributed by atoms with Crippen molar-refractivity contribution in [3.05, 3.63) is 0 Å². The van der Waals surface area contributed by atoms with Crippen LogP contribution in [-0.2, 0) is 9.63 Å². The summed E-state index contributed by atoms with van der Waals surface area (Å²) in [5.41, 5.74) is 0.761. The summed E-state index contributed by atoms with van der Waals surface area (Å²) < 4.78 is 0. The molecule has 0 bridgehead atoms. The molecular weight excluding hydrogens is 162 g/mol. The van der Waals surface area contributed by atoms with Crippen molar-refractivity contribution < 1.29 is 9.63 Å². The lowest BCUT2D eigenvalue weighted by atomic mass is 9.92. The third-order valence-corrected chi connectivity index (χ3v) is 2.42. The van der Waals surface area contributed by atoms with Gasteiger partial charge in [-0.05, 0) is 18.6 Å². The molecule has 11 heavy (non-hydrogen) atoms. The molecule has 0 aliphatic carbocycles. The fraction of sp³-hybridized carbons (Fsp3) is 0.714. The van der Waals surface area contributed by atoms with Gasteiger partial charge in [0.2, 0.25) is 0 Å². The summed E-state index contributed by atoms with van der Waals surface area (Å²) in [7, 11) is 0. The van der Waals surface area contributed by atoms with Gasteiger partial charge in [0, 0.05) is 0 Å². The van der Waals surface area contributed by atoms with Gasteiger partial charge in [-0.25, -0.2) is 4.79 Å². The number of thiol groups is 1. The molecule has 2 atom stereocenters. The van der Waals surface area contributed by atoms with E-state index in [1.807, 2.05) is 6.92 Å². The van der Waals surface area contributed by atoms with E-state index < -0.39 is 0 Å². The molecule has 1 aliphatic rings. The van der Waals surface area contributed by atoms with E-state index >= 15 is 0 Å². The Morgan fingerprint density at radius 2 is 2.45 bits per heavy atom. The highest BCUT2D eigenvalue weighted by Gasteiger charge is 2.33. The van der Waals surface area contributed by atoms with Gasteiger partial charge in [-0.1, -0.05) is 12.1 Å². The molecule has 0 aromatic heterocycles. The Kier molecular flexibility index (Phi) is 2.54. The normalized spacial score (nSPS) is 26.3. The topological polar surface area (TPSA) is 38.7 Å². The molecule has 0 radical (unpaired) electrons. The van der Waals surface area contributed by atoms with Gasteiger partial charge in [0.1, 0.15) is 5.92 Å². The number of hydrogen-bond acceptors (Lipinski definition) is 4. The zero-order valence-electron chi connectivity index (χ0n) is 6.57. The Labute approximate surface area is 71.2 Å². The predicted molar refractivity (Wildman–Crippen MR) is 45.7 cm³/mol. The molecule has 2 unspecified atom stereocenters. The maximum absolute atomic E-state index is 11.0. The van der Waals surface area contributed by atoms with Crippen molar-refractivity contribution in [3.8, 4) is 0 Å². The maximum Gasteiger partial charge on any atom is 0.344 e. The van der Waals surface area contributed by atoms with Gasteiger partial charge in [-0.3, -0.25) is 0 Å². The minimum atomic E-state index is -0.246. The van der Waals surface area contributed by atoms with Crippen molar-refractivity contribution in [2.45, 2.75) is 13.8 Å². The van der Waals surface area contributed by atoms with Gasteiger partial charge in [0.15, 0.2) is 0 Å². The molecule has 0 saturated heterocycles. The molecular formula is C7H11NO2S. The third kappa shape index (κ3) is 1.56. The average Bonchev–Trinajstić information content (AvgIpc) is 2.30. The highest BCUT2D eigenvalue weighted by molar-refractivity contribution is 7.80. The zero-order valence-corrected chi connectivity index (χ0v) is 7.47. The van der Waals surface area contributed by atoms with Gasteiger partial charge >= 0.3 is 5.97 Å². The third-order valence-electron chi connectivity index (χ3n) is 1.84. The van der Waals surface area contributed by atoms with Crippen molar-refractivity contribution in [1.82, 2.24) is 0 Å². The molecule has 3 nitrogen and oxygen atoms in total. The van der Waals surface area contributed by atoms with Gasteiger partial charge in [-0.2, -0.15) is 12.6 Å². The molecule has 0 aromatic rings. The Morgan fingerprint density at radius 1 is 1.82 bits per heavy atom. The standard InChI is InChI=1S/C7H11NO2S/c1-4(3-11)6-5(2)8-10-7(6)9/h4,6,11H,3H2,1-2H3. The largest absolute Gasteiger partial charge is 0.344 e. The van der Waals surface area contributed by atoms with Crippen LogP contribution in [0.15, 0.2) is 5.16 Å².